The molecule has 0 aromatic rings. The van der Waals surface area contributed by atoms with Crippen molar-refractivity contribution in [3.8, 4) is 0 Å². The molecule has 19 heavy (non-hydrogen) atoms. The minimum atomic E-state index is -2.05. The van der Waals surface area contributed by atoms with Gasteiger partial charge in [-0.15, -0.1) is 0 Å². The Kier molecular flexibility index (Phi) is 3.76. The zero-order valence-electron chi connectivity index (χ0n) is 11.0. The molecule has 1 rings (SSSR count). The van der Waals surface area contributed by atoms with Crippen LogP contribution in [0.15, 0.2) is 0 Å². The average molecular weight is 274 g/mol. The van der Waals surface area contributed by atoms with E-state index in [1.54, 1.807) is 20.8 Å². The molecule has 0 radical (unpaired) electrons. The molecule has 108 valence electrons. The first kappa shape index (κ1) is 15.2. The smallest absolute Gasteiger partial charge is 0.408 e. The van der Waals surface area contributed by atoms with E-state index in [1.807, 2.05) is 0 Å². The van der Waals surface area contributed by atoms with Crippen LogP contribution in [0.1, 0.15) is 27.2 Å². The van der Waals surface area contributed by atoms with Gasteiger partial charge in [-0.2, -0.15) is 0 Å². The van der Waals surface area contributed by atoms with Gasteiger partial charge < -0.3 is 20.7 Å². The van der Waals surface area contributed by atoms with E-state index in [2.05, 4.69) is 0 Å². The molecule has 0 aromatic carbocycles. The fraction of sp³-hybridized carbons (Fsp3) is 0.727. The number of nitrogens with two attached hydrogens (primary N) is 1. The molecule has 1 fully saturated rings. The average Bonchev–Trinajstić information content (AvgIpc) is 2.53. The summed E-state index contributed by atoms with van der Waals surface area (Å²) in [7, 11) is 0. The first-order valence-electron chi connectivity index (χ1n) is 5.74. The highest BCUT2D eigenvalue weighted by Gasteiger charge is 2.60. The van der Waals surface area contributed by atoms with Gasteiger partial charge in [0.2, 0.25) is 0 Å². The number of carboxylic acids is 1. The number of ether oxygens (including phenoxy) is 1. The van der Waals surface area contributed by atoms with E-state index >= 15 is 0 Å². The van der Waals surface area contributed by atoms with Crippen LogP contribution in [0.3, 0.4) is 0 Å². The largest absolute Gasteiger partial charge is 0.480 e. The van der Waals surface area contributed by atoms with Crippen molar-refractivity contribution in [2.24, 2.45) is 11.1 Å². The third kappa shape index (κ3) is 2.62. The van der Waals surface area contributed by atoms with Crippen LogP contribution < -0.4 is 5.73 Å². The standard InChI is InChI=1S/C11H18N2O6/c1-10(2,3)19-8(16)11(7(14)15)4-5-13(6(11)12)9(17)18/h6H,4-5,12H2,1-3H3,(H,14,15)(H,17,18). The van der Waals surface area contributed by atoms with Crippen molar-refractivity contribution in [2.75, 3.05) is 6.54 Å². The summed E-state index contributed by atoms with van der Waals surface area (Å²) >= 11 is 0. The van der Waals surface area contributed by atoms with Gasteiger partial charge in [-0.3, -0.25) is 14.5 Å². The molecule has 1 aliphatic rings. The molecule has 0 spiro atoms. The second-order valence-electron chi connectivity index (χ2n) is 5.45. The van der Waals surface area contributed by atoms with Crippen LogP contribution >= 0.6 is 0 Å². The molecule has 0 aromatic heterocycles. The minimum absolute atomic E-state index is 0.123. The predicted molar refractivity (Wildman–Crippen MR) is 63.2 cm³/mol. The van der Waals surface area contributed by atoms with Crippen LogP contribution in [-0.2, 0) is 14.3 Å². The summed E-state index contributed by atoms with van der Waals surface area (Å²) in [6, 6.07) is 0. The number of carbonyl (C=O) groups is 3. The Morgan fingerprint density at radius 2 is 1.84 bits per heavy atom. The van der Waals surface area contributed by atoms with Crippen LogP contribution in [0, 0.1) is 5.41 Å². The fourth-order valence-corrected chi connectivity index (χ4v) is 1.98. The first-order valence-corrected chi connectivity index (χ1v) is 5.74. The number of hydrogen-bond donors (Lipinski definition) is 3. The summed E-state index contributed by atoms with van der Waals surface area (Å²) in [5.41, 5.74) is 2.71. The quantitative estimate of drug-likeness (QED) is 0.479. The van der Waals surface area contributed by atoms with Crippen molar-refractivity contribution in [3.63, 3.8) is 0 Å². The monoisotopic (exact) mass is 274 g/mol. The second kappa shape index (κ2) is 4.69. The summed E-state index contributed by atoms with van der Waals surface area (Å²) in [6.45, 7) is 4.66. The Morgan fingerprint density at radius 3 is 2.16 bits per heavy atom. The topological polar surface area (TPSA) is 130 Å². The lowest BCUT2D eigenvalue weighted by Gasteiger charge is -2.31. The Bertz CT molecular complexity index is 416. The number of carbonyl (C=O) groups excluding carboxylic acids is 1. The lowest BCUT2D eigenvalue weighted by Crippen LogP contribution is -2.57. The highest BCUT2D eigenvalue weighted by atomic mass is 16.6. The van der Waals surface area contributed by atoms with Crippen molar-refractivity contribution in [1.82, 2.24) is 4.90 Å². The molecule has 4 N–H and O–H groups in total. The van der Waals surface area contributed by atoms with Crippen molar-refractivity contribution >= 4 is 18.0 Å². The summed E-state index contributed by atoms with van der Waals surface area (Å²) in [5, 5.41) is 18.2. The molecule has 8 heteroatoms. The molecule has 8 nitrogen and oxygen atoms in total. The number of rotatable bonds is 2. The number of esters is 1. The third-order valence-electron chi connectivity index (χ3n) is 2.98. The van der Waals surface area contributed by atoms with Gasteiger partial charge in [0.15, 0.2) is 5.41 Å². The van der Waals surface area contributed by atoms with E-state index < -0.39 is 35.2 Å². The number of aliphatic carboxylic acids is 1. The Balaban J connectivity index is 3.11. The van der Waals surface area contributed by atoms with Crippen molar-refractivity contribution in [2.45, 2.75) is 39.0 Å². The predicted octanol–water partition coefficient (Wildman–Crippen LogP) is 0.0676. The van der Waals surface area contributed by atoms with Gasteiger partial charge in [0.05, 0.1) is 0 Å². The maximum atomic E-state index is 12.1. The van der Waals surface area contributed by atoms with Gasteiger partial charge in [0.1, 0.15) is 11.8 Å². The minimum Gasteiger partial charge on any atom is -0.480 e. The summed E-state index contributed by atoms with van der Waals surface area (Å²) < 4.78 is 5.07. The first-order chi connectivity index (χ1) is 8.52. The highest BCUT2D eigenvalue weighted by Crippen LogP contribution is 2.37. The number of carboxylic acid groups (broad SMARTS) is 2. The number of hydrogen-bond acceptors (Lipinski definition) is 5. The maximum Gasteiger partial charge on any atom is 0.408 e. The van der Waals surface area contributed by atoms with E-state index in [-0.39, 0.29) is 13.0 Å². The molecule has 1 saturated heterocycles. The Morgan fingerprint density at radius 1 is 1.32 bits per heavy atom. The van der Waals surface area contributed by atoms with Gasteiger partial charge in [0.25, 0.3) is 0 Å². The van der Waals surface area contributed by atoms with Gasteiger partial charge in [0, 0.05) is 6.54 Å². The van der Waals surface area contributed by atoms with Crippen LogP contribution in [-0.4, -0.2) is 51.5 Å². The highest BCUT2D eigenvalue weighted by molar-refractivity contribution is 6.01. The molecule has 1 aliphatic heterocycles. The zero-order chi connectivity index (χ0) is 15.0. The molecule has 0 aliphatic carbocycles. The van der Waals surface area contributed by atoms with Crippen molar-refractivity contribution in [1.29, 1.82) is 0 Å². The fourth-order valence-electron chi connectivity index (χ4n) is 1.98. The van der Waals surface area contributed by atoms with Crippen molar-refractivity contribution < 1.29 is 29.3 Å². The van der Waals surface area contributed by atoms with Gasteiger partial charge in [-0.1, -0.05) is 0 Å². The molecule has 0 bridgehead atoms. The molecular weight excluding hydrogens is 256 g/mol. The molecular formula is C11H18N2O6. The third-order valence-corrected chi connectivity index (χ3v) is 2.98. The second-order valence-corrected chi connectivity index (χ2v) is 5.45. The Hall–Kier alpha value is -1.83. The maximum absolute atomic E-state index is 12.1. The molecule has 0 saturated carbocycles. The van der Waals surface area contributed by atoms with E-state index in [4.69, 9.17) is 15.6 Å². The van der Waals surface area contributed by atoms with E-state index in [9.17, 15) is 19.5 Å². The summed E-state index contributed by atoms with van der Waals surface area (Å²) in [4.78, 5) is 35.2. The summed E-state index contributed by atoms with van der Waals surface area (Å²) in [5.74, 6) is -2.48. The number of amides is 1. The van der Waals surface area contributed by atoms with Gasteiger partial charge in [-0.25, -0.2) is 4.79 Å². The molecule has 2 atom stereocenters. The van der Waals surface area contributed by atoms with Crippen LogP contribution in [0.25, 0.3) is 0 Å². The zero-order valence-corrected chi connectivity index (χ0v) is 11.0. The molecule has 1 amide bonds. The van der Waals surface area contributed by atoms with E-state index in [0.717, 1.165) is 4.90 Å². The number of nitrogens with zero attached hydrogens (tertiary/aromatic N) is 1. The lowest BCUT2D eigenvalue weighted by molar-refractivity contribution is -0.178. The lowest BCUT2D eigenvalue weighted by atomic mass is 9.84. The number of likely N-dealkylation sites (tertiary alicyclic amines) is 1. The SMILES string of the molecule is CC(C)(C)OC(=O)C1(C(=O)O)CCN(C(=O)O)C1N. The molecule has 2 unspecified atom stereocenters. The summed E-state index contributed by atoms with van der Waals surface area (Å²) in [6.07, 6.45) is -3.03. The van der Waals surface area contributed by atoms with Gasteiger partial charge >= 0.3 is 18.0 Å². The van der Waals surface area contributed by atoms with E-state index in [0.29, 0.717) is 0 Å². The van der Waals surface area contributed by atoms with Crippen LogP contribution in [0.2, 0.25) is 0 Å². The normalized spacial score (nSPS) is 27.2. The van der Waals surface area contributed by atoms with Gasteiger partial charge in [-0.05, 0) is 27.2 Å². The van der Waals surface area contributed by atoms with E-state index in [1.165, 1.54) is 0 Å². The van der Waals surface area contributed by atoms with Crippen LogP contribution in [0.4, 0.5) is 4.79 Å². The Labute approximate surface area is 110 Å². The molecule has 1 heterocycles. The van der Waals surface area contributed by atoms with Crippen LogP contribution in [0.5, 0.6) is 0 Å². The van der Waals surface area contributed by atoms with Crippen molar-refractivity contribution in [3.05, 3.63) is 0 Å².